The van der Waals surface area contributed by atoms with Crippen LogP contribution in [0.15, 0.2) is 39.7 Å². The first-order valence-corrected chi connectivity index (χ1v) is 6.25. The lowest BCUT2D eigenvalue weighted by molar-refractivity contribution is -0.385. The van der Waals surface area contributed by atoms with Crippen LogP contribution in [-0.2, 0) is 7.05 Å². The van der Waals surface area contributed by atoms with E-state index < -0.39 is 16.3 Å². The first kappa shape index (κ1) is 14.2. The number of benzene rings is 1. The zero-order valence-corrected chi connectivity index (χ0v) is 11.8. The Kier molecular flexibility index (Phi) is 3.84. The third-order valence-corrected chi connectivity index (χ3v) is 3.07. The molecule has 0 aliphatic carbocycles. The summed E-state index contributed by atoms with van der Waals surface area (Å²) in [6, 6.07) is 5.32. The van der Waals surface area contributed by atoms with E-state index in [1.165, 1.54) is 19.2 Å². The van der Waals surface area contributed by atoms with Gasteiger partial charge in [0.2, 0.25) is 0 Å². The standard InChI is InChI=1S/C12H9BrFN3O3/c1-16-6-8(17(19)20)5-11(12(16)18)15-10-3-2-7(13)4-9(10)14/h2-6,15H,1H3. The van der Waals surface area contributed by atoms with E-state index in [4.69, 9.17) is 0 Å². The van der Waals surface area contributed by atoms with Gasteiger partial charge in [0, 0.05) is 17.6 Å². The number of nitrogens with zero attached hydrogens (tertiary/aromatic N) is 2. The maximum Gasteiger partial charge on any atom is 0.287 e. The first-order valence-electron chi connectivity index (χ1n) is 5.45. The van der Waals surface area contributed by atoms with Crippen LogP contribution < -0.4 is 10.9 Å². The molecule has 1 heterocycles. The zero-order chi connectivity index (χ0) is 14.9. The third kappa shape index (κ3) is 2.85. The molecule has 8 heteroatoms. The second kappa shape index (κ2) is 5.41. The van der Waals surface area contributed by atoms with Crippen molar-refractivity contribution >= 4 is 33.0 Å². The maximum absolute atomic E-state index is 13.7. The number of aryl methyl sites for hydroxylation is 1. The average Bonchev–Trinajstić information content (AvgIpc) is 2.37. The van der Waals surface area contributed by atoms with E-state index >= 15 is 0 Å². The van der Waals surface area contributed by atoms with E-state index in [0.717, 1.165) is 16.8 Å². The first-order chi connectivity index (χ1) is 9.38. The predicted octanol–water partition coefficient (Wildman–Crippen LogP) is 2.94. The second-order valence-electron chi connectivity index (χ2n) is 4.03. The Morgan fingerprint density at radius 2 is 2.05 bits per heavy atom. The Labute approximate surface area is 121 Å². The highest BCUT2D eigenvalue weighted by Gasteiger charge is 2.13. The number of pyridine rings is 1. The molecule has 6 nitrogen and oxygen atoms in total. The average molecular weight is 342 g/mol. The summed E-state index contributed by atoms with van der Waals surface area (Å²) in [5, 5.41) is 13.3. The number of hydrogen-bond donors (Lipinski definition) is 1. The number of nitrogens with one attached hydrogen (secondary N) is 1. The lowest BCUT2D eigenvalue weighted by Gasteiger charge is -2.08. The summed E-state index contributed by atoms with van der Waals surface area (Å²) in [5.41, 5.74) is -0.751. The van der Waals surface area contributed by atoms with Crippen LogP contribution in [0, 0.1) is 15.9 Å². The summed E-state index contributed by atoms with van der Waals surface area (Å²) in [4.78, 5) is 22.0. The molecular formula is C12H9BrFN3O3. The Morgan fingerprint density at radius 3 is 2.65 bits per heavy atom. The highest BCUT2D eigenvalue weighted by molar-refractivity contribution is 9.10. The van der Waals surface area contributed by atoms with Crippen molar-refractivity contribution < 1.29 is 9.31 Å². The number of rotatable bonds is 3. The number of halogens is 2. The molecule has 0 bridgehead atoms. The van der Waals surface area contributed by atoms with Gasteiger partial charge in [-0.15, -0.1) is 0 Å². The predicted molar refractivity (Wildman–Crippen MR) is 75.7 cm³/mol. The number of aromatic nitrogens is 1. The van der Waals surface area contributed by atoms with Gasteiger partial charge in [-0.3, -0.25) is 14.9 Å². The van der Waals surface area contributed by atoms with Crippen LogP contribution in [-0.4, -0.2) is 9.49 Å². The Hall–Kier alpha value is -2.22. The van der Waals surface area contributed by atoms with Crippen LogP contribution >= 0.6 is 15.9 Å². The maximum atomic E-state index is 13.7. The summed E-state index contributed by atoms with van der Waals surface area (Å²) in [6.07, 6.45) is 1.10. The molecule has 0 radical (unpaired) electrons. The van der Waals surface area contributed by atoms with Crippen molar-refractivity contribution in [2.45, 2.75) is 0 Å². The van der Waals surface area contributed by atoms with Crippen LogP contribution in [0.2, 0.25) is 0 Å². The fourth-order valence-corrected chi connectivity index (χ4v) is 1.95. The fourth-order valence-electron chi connectivity index (χ4n) is 1.62. The second-order valence-corrected chi connectivity index (χ2v) is 4.95. The van der Waals surface area contributed by atoms with Gasteiger partial charge in [-0.25, -0.2) is 4.39 Å². The minimum Gasteiger partial charge on any atom is -0.348 e. The zero-order valence-electron chi connectivity index (χ0n) is 10.3. The van der Waals surface area contributed by atoms with Crippen molar-refractivity contribution in [1.29, 1.82) is 0 Å². The number of nitro groups is 1. The minimum absolute atomic E-state index is 0.0609. The van der Waals surface area contributed by atoms with Gasteiger partial charge >= 0.3 is 0 Å². The molecule has 2 aromatic rings. The summed E-state index contributed by atoms with van der Waals surface area (Å²) in [7, 11) is 1.39. The van der Waals surface area contributed by atoms with Crippen molar-refractivity contribution in [2.75, 3.05) is 5.32 Å². The van der Waals surface area contributed by atoms with Crippen molar-refractivity contribution in [3.05, 3.63) is 61.2 Å². The van der Waals surface area contributed by atoms with E-state index in [1.54, 1.807) is 6.07 Å². The fraction of sp³-hybridized carbons (Fsp3) is 0.0833. The van der Waals surface area contributed by atoms with Crippen molar-refractivity contribution in [1.82, 2.24) is 4.57 Å². The molecule has 1 aromatic heterocycles. The molecule has 2 rings (SSSR count). The molecule has 0 amide bonds. The van der Waals surface area contributed by atoms with Crippen LogP contribution in [0.25, 0.3) is 0 Å². The molecule has 1 N–H and O–H groups in total. The molecule has 0 saturated heterocycles. The van der Waals surface area contributed by atoms with Gasteiger partial charge in [0.1, 0.15) is 11.5 Å². The minimum atomic E-state index is -0.622. The highest BCUT2D eigenvalue weighted by Crippen LogP contribution is 2.23. The lowest BCUT2D eigenvalue weighted by atomic mass is 10.3. The summed E-state index contributed by atoms with van der Waals surface area (Å²) in [5.74, 6) is -0.576. The van der Waals surface area contributed by atoms with Gasteiger partial charge in [0.05, 0.1) is 16.8 Å². The number of hydrogen-bond acceptors (Lipinski definition) is 4. The van der Waals surface area contributed by atoms with Gasteiger partial charge in [-0.05, 0) is 18.2 Å². The summed E-state index contributed by atoms with van der Waals surface area (Å²) < 4.78 is 15.3. The third-order valence-electron chi connectivity index (χ3n) is 2.58. The molecule has 0 unspecified atom stereocenters. The SMILES string of the molecule is Cn1cc([N+](=O)[O-])cc(Nc2ccc(Br)cc2F)c1=O. The van der Waals surface area contributed by atoms with E-state index in [1.807, 2.05) is 0 Å². The van der Waals surface area contributed by atoms with Gasteiger partial charge in [-0.2, -0.15) is 0 Å². The normalized spacial score (nSPS) is 10.3. The van der Waals surface area contributed by atoms with E-state index in [2.05, 4.69) is 21.2 Å². The van der Waals surface area contributed by atoms with E-state index in [9.17, 15) is 19.3 Å². The molecule has 0 saturated carbocycles. The Bertz CT molecular complexity index is 745. The van der Waals surface area contributed by atoms with Crippen LogP contribution in [0.3, 0.4) is 0 Å². The molecule has 0 aliphatic heterocycles. The van der Waals surface area contributed by atoms with Crippen molar-refractivity contribution in [3.63, 3.8) is 0 Å². The smallest absolute Gasteiger partial charge is 0.287 e. The highest BCUT2D eigenvalue weighted by atomic mass is 79.9. The van der Waals surface area contributed by atoms with Gasteiger partial charge < -0.3 is 9.88 Å². The topological polar surface area (TPSA) is 77.2 Å². The molecule has 104 valence electrons. The Balaban J connectivity index is 2.47. The van der Waals surface area contributed by atoms with Crippen LogP contribution in [0.1, 0.15) is 0 Å². The largest absolute Gasteiger partial charge is 0.348 e. The van der Waals surface area contributed by atoms with Crippen LogP contribution in [0.4, 0.5) is 21.5 Å². The van der Waals surface area contributed by atoms with Gasteiger partial charge in [-0.1, -0.05) is 15.9 Å². The lowest BCUT2D eigenvalue weighted by Crippen LogP contribution is -2.20. The van der Waals surface area contributed by atoms with Crippen molar-refractivity contribution in [2.24, 2.45) is 7.05 Å². The van der Waals surface area contributed by atoms with Crippen molar-refractivity contribution in [3.8, 4) is 0 Å². The monoisotopic (exact) mass is 341 g/mol. The molecule has 20 heavy (non-hydrogen) atoms. The summed E-state index contributed by atoms with van der Waals surface area (Å²) >= 11 is 3.12. The molecule has 0 spiro atoms. The Morgan fingerprint density at radius 1 is 1.35 bits per heavy atom. The molecule has 1 aromatic carbocycles. The molecular weight excluding hydrogens is 333 g/mol. The molecule has 0 fully saturated rings. The van der Waals surface area contributed by atoms with Crippen LogP contribution in [0.5, 0.6) is 0 Å². The van der Waals surface area contributed by atoms with E-state index in [0.29, 0.717) is 4.47 Å². The molecule has 0 aliphatic rings. The van der Waals surface area contributed by atoms with Gasteiger partial charge in [0.15, 0.2) is 0 Å². The quantitative estimate of drug-likeness (QED) is 0.687. The number of anilines is 2. The summed E-state index contributed by atoms with van der Waals surface area (Å²) in [6.45, 7) is 0. The molecule has 0 atom stereocenters. The van der Waals surface area contributed by atoms with Gasteiger partial charge in [0.25, 0.3) is 11.2 Å². The van der Waals surface area contributed by atoms with E-state index in [-0.39, 0.29) is 17.1 Å².